The fourth-order valence-electron chi connectivity index (χ4n) is 1.55. The lowest BCUT2D eigenvalue weighted by atomic mass is 10.2. The van der Waals surface area contributed by atoms with Crippen LogP contribution in [0.2, 0.25) is 0 Å². The second-order valence-corrected chi connectivity index (χ2v) is 6.82. The first-order valence-electron chi connectivity index (χ1n) is 5.83. The molecule has 0 bridgehead atoms. The second-order valence-electron chi connectivity index (χ2n) is 4.77. The van der Waals surface area contributed by atoms with E-state index in [0.29, 0.717) is 13.1 Å². The summed E-state index contributed by atoms with van der Waals surface area (Å²) >= 11 is 0. The quantitative estimate of drug-likeness (QED) is 0.818. The predicted octanol–water partition coefficient (Wildman–Crippen LogP) is 0.898. The normalized spacial score (nSPS) is 12.4. The average Bonchev–Trinajstić information content (AvgIpc) is 2.31. The number of nitrogens with two attached hydrogens (primary N) is 1. The lowest BCUT2D eigenvalue weighted by Gasteiger charge is -2.20. The van der Waals surface area contributed by atoms with Crippen LogP contribution in [-0.2, 0) is 10.0 Å². The summed E-state index contributed by atoms with van der Waals surface area (Å²) in [7, 11) is 1.58. The lowest BCUT2D eigenvalue weighted by molar-refractivity contribution is 0.358. The highest BCUT2D eigenvalue weighted by Crippen LogP contribution is 2.22. The van der Waals surface area contributed by atoms with Gasteiger partial charge in [0.25, 0.3) is 0 Å². The summed E-state index contributed by atoms with van der Waals surface area (Å²) in [6, 6.07) is 2.46. The zero-order chi connectivity index (χ0) is 14.8. The van der Waals surface area contributed by atoms with Gasteiger partial charge in [0.1, 0.15) is 5.82 Å². The molecule has 0 aromatic heterocycles. The number of nitrogen functional groups attached to an aromatic ring is 1. The van der Waals surface area contributed by atoms with E-state index in [9.17, 15) is 12.8 Å². The first-order valence-corrected chi connectivity index (χ1v) is 7.27. The van der Waals surface area contributed by atoms with Crippen LogP contribution in [0.4, 0.5) is 10.1 Å². The zero-order valence-corrected chi connectivity index (χ0v) is 12.5. The molecule has 0 aliphatic carbocycles. The molecule has 1 rings (SSSR count). The van der Waals surface area contributed by atoms with Crippen LogP contribution in [0.3, 0.4) is 0 Å². The number of benzene rings is 1. The van der Waals surface area contributed by atoms with Crippen LogP contribution < -0.4 is 5.73 Å². The largest absolute Gasteiger partial charge is 0.396 e. The third-order valence-electron chi connectivity index (χ3n) is 2.83. The number of likely N-dealkylation sites (N-methyl/N-ethyl adjacent to an activating group) is 2. The first-order chi connectivity index (χ1) is 8.66. The molecule has 1 aromatic carbocycles. The fraction of sp³-hybridized carbons (Fsp3) is 0.500. The van der Waals surface area contributed by atoms with Crippen molar-refractivity contribution in [3.05, 3.63) is 23.5 Å². The van der Waals surface area contributed by atoms with E-state index in [0.717, 1.165) is 6.07 Å². The molecule has 0 fully saturated rings. The molecule has 0 atom stereocenters. The van der Waals surface area contributed by atoms with E-state index in [1.165, 1.54) is 24.3 Å². The number of hydrogen-bond acceptors (Lipinski definition) is 4. The van der Waals surface area contributed by atoms with Gasteiger partial charge in [-0.2, -0.15) is 4.31 Å². The van der Waals surface area contributed by atoms with Crippen LogP contribution in [-0.4, -0.2) is 51.9 Å². The summed E-state index contributed by atoms with van der Waals surface area (Å²) in [5, 5.41) is 0. The van der Waals surface area contributed by atoms with Crippen molar-refractivity contribution in [3.63, 3.8) is 0 Å². The maximum atomic E-state index is 13.4. The Morgan fingerprint density at radius 2 is 1.79 bits per heavy atom. The fourth-order valence-corrected chi connectivity index (χ4v) is 2.84. The van der Waals surface area contributed by atoms with Gasteiger partial charge in [0.05, 0.1) is 10.6 Å². The van der Waals surface area contributed by atoms with Crippen LogP contribution >= 0.6 is 0 Å². The molecule has 0 aliphatic heterocycles. The third kappa shape index (κ3) is 3.65. The van der Waals surface area contributed by atoms with Gasteiger partial charge in [-0.3, -0.25) is 0 Å². The van der Waals surface area contributed by atoms with Gasteiger partial charge in [-0.05, 0) is 38.7 Å². The SMILES string of the molecule is Cc1cc(S(=O)(=O)N(C)CCN(C)C)cc(N)c1F. The smallest absolute Gasteiger partial charge is 0.242 e. The Balaban J connectivity index is 3.07. The van der Waals surface area contributed by atoms with E-state index in [1.54, 1.807) is 0 Å². The van der Waals surface area contributed by atoms with Crippen LogP contribution in [0.25, 0.3) is 0 Å². The second kappa shape index (κ2) is 5.85. The highest BCUT2D eigenvalue weighted by molar-refractivity contribution is 7.89. The van der Waals surface area contributed by atoms with Gasteiger partial charge in [-0.25, -0.2) is 12.8 Å². The van der Waals surface area contributed by atoms with Gasteiger partial charge in [0.2, 0.25) is 10.0 Å². The summed E-state index contributed by atoms with van der Waals surface area (Å²) in [6.07, 6.45) is 0. The molecule has 0 saturated carbocycles. The molecule has 7 heteroatoms. The van der Waals surface area contributed by atoms with E-state index < -0.39 is 15.8 Å². The van der Waals surface area contributed by atoms with E-state index in [1.807, 2.05) is 19.0 Å². The number of nitrogens with zero attached hydrogens (tertiary/aromatic N) is 2. The molecule has 0 amide bonds. The Labute approximate surface area is 113 Å². The lowest BCUT2D eigenvalue weighted by Crippen LogP contribution is -2.33. The summed E-state index contributed by atoms with van der Waals surface area (Å²) in [5.41, 5.74) is 5.54. The van der Waals surface area contributed by atoms with Crippen molar-refractivity contribution < 1.29 is 12.8 Å². The number of rotatable bonds is 5. The van der Waals surface area contributed by atoms with Gasteiger partial charge in [-0.15, -0.1) is 0 Å². The Kier molecular flexibility index (Phi) is 4.89. The zero-order valence-electron chi connectivity index (χ0n) is 11.6. The van der Waals surface area contributed by atoms with Crippen LogP contribution in [0.5, 0.6) is 0 Å². The first kappa shape index (κ1) is 15.9. The molecule has 0 unspecified atom stereocenters. The summed E-state index contributed by atoms with van der Waals surface area (Å²) in [6.45, 7) is 2.45. The Morgan fingerprint density at radius 1 is 1.21 bits per heavy atom. The summed E-state index contributed by atoms with van der Waals surface area (Å²) in [4.78, 5) is 1.90. The van der Waals surface area contributed by atoms with E-state index in [-0.39, 0.29) is 16.1 Å². The molecule has 0 heterocycles. The Hall–Kier alpha value is -1.18. The highest BCUT2D eigenvalue weighted by Gasteiger charge is 2.22. The van der Waals surface area contributed by atoms with Gasteiger partial charge >= 0.3 is 0 Å². The molecular weight excluding hydrogens is 269 g/mol. The maximum Gasteiger partial charge on any atom is 0.242 e. The minimum Gasteiger partial charge on any atom is -0.396 e. The van der Waals surface area contributed by atoms with Crippen molar-refractivity contribution in [1.82, 2.24) is 9.21 Å². The summed E-state index contributed by atoms with van der Waals surface area (Å²) in [5.74, 6) is -0.574. The van der Waals surface area contributed by atoms with Gasteiger partial charge in [0.15, 0.2) is 0 Å². The van der Waals surface area contributed by atoms with Crippen molar-refractivity contribution in [2.75, 3.05) is 40.0 Å². The number of sulfonamides is 1. The molecule has 1 aromatic rings. The molecular formula is C12H20FN3O2S. The minimum atomic E-state index is -3.64. The summed E-state index contributed by atoms with van der Waals surface area (Å²) < 4.78 is 39.2. The molecule has 2 N–H and O–H groups in total. The Bertz CT molecular complexity index is 535. The molecule has 108 valence electrons. The Morgan fingerprint density at radius 3 is 2.26 bits per heavy atom. The molecule has 19 heavy (non-hydrogen) atoms. The van der Waals surface area contributed by atoms with Gasteiger partial charge in [0, 0.05) is 20.1 Å². The van der Waals surface area contributed by atoms with Crippen LogP contribution in [0.1, 0.15) is 5.56 Å². The topological polar surface area (TPSA) is 66.6 Å². The highest BCUT2D eigenvalue weighted by atomic mass is 32.2. The number of halogens is 1. The van der Waals surface area contributed by atoms with Crippen molar-refractivity contribution in [3.8, 4) is 0 Å². The molecule has 0 radical (unpaired) electrons. The van der Waals surface area contributed by atoms with E-state index in [2.05, 4.69) is 0 Å². The molecule has 5 nitrogen and oxygen atoms in total. The average molecular weight is 289 g/mol. The maximum absolute atomic E-state index is 13.4. The van der Waals surface area contributed by atoms with Crippen molar-refractivity contribution in [1.29, 1.82) is 0 Å². The molecule has 0 aliphatic rings. The van der Waals surface area contributed by atoms with Crippen molar-refractivity contribution >= 4 is 15.7 Å². The molecule has 0 spiro atoms. The van der Waals surface area contributed by atoms with E-state index >= 15 is 0 Å². The third-order valence-corrected chi connectivity index (χ3v) is 4.66. The number of hydrogen-bond donors (Lipinski definition) is 1. The monoisotopic (exact) mass is 289 g/mol. The number of anilines is 1. The number of aryl methyl sites for hydroxylation is 1. The van der Waals surface area contributed by atoms with Gasteiger partial charge in [-0.1, -0.05) is 0 Å². The standard InChI is InChI=1S/C12H20FN3O2S/c1-9-7-10(8-11(14)12(9)13)19(17,18)16(4)6-5-15(2)3/h7-8H,5-6,14H2,1-4H3. The predicted molar refractivity (Wildman–Crippen MR) is 73.9 cm³/mol. The van der Waals surface area contributed by atoms with Crippen LogP contribution in [0.15, 0.2) is 17.0 Å². The minimum absolute atomic E-state index is 0.0187. The van der Waals surface area contributed by atoms with Crippen molar-refractivity contribution in [2.24, 2.45) is 0 Å². The van der Waals surface area contributed by atoms with E-state index in [4.69, 9.17) is 5.73 Å². The van der Waals surface area contributed by atoms with Crippen LogP contribution in [0, 0.1) is 12.7 Å². The van der Waals surface area contributed by atoms with Crippen molar-refractivity contribution in [2.45, 2.75) is 11.8 Å². The molecule has 0 saturated heterocycles. The van der Waals surface area contributed by atoms with Gasteiger partial charge < -0.3 is 10.6 Å².